The molecule has 4 rings (SSSR count). The Morgan fingerprint density at radius 1 is 0.952 bits per heavy atom. The fourth-order valence-corrected chi connectivity index (χ4v) is 4.48. The van der Waals surface area contributed by atoms with Crippen molar-refractivity contribution in [2.45, 2.75) is 18.6 Å². The zero-order chi connectivity index (χ0) is 30.4. The molecule has 3 aromatic carbocycles. The molecule has 0 aromatic heterocycles. The Bertz CT molecular complexity index is 1520. The van der Waals surface area contributed by atoms with Gasteiger partial charge in [-0.1, -0.05) is 29.8 Å². The molecule has 218 valence electrons. The van der Waals surface area contributed by atoms with Gasteiger partial charge in [0.2, 0.25) is 0 Å². The van der Waals surface area contributed by atoms with Crippen LogP contribution in [0.4, 0.5) is 31.0 Å². The van der Waals surface area contributed by atoms with Crippen molar-refractivity contribution in [1.82, 2.24) is 15.1 Å². The van der Waals surface area contributed by atoms with E-state index in [1.807, 2.05) is 0 Å². The van der Waals surface area contributed by atoms with Crippen LogP contribution in [-0.2, 0) is 9.59 Å². The number of carbonyl (C=O) groups excluding carboxylic acids is 3. The van der Waals surface area contributed by atoms with Crippen LogP contribution in [0.2, 0.25) is 5.02 Å². The molecule has 0 bridgehead atoms. The van der Waals surface area contributed by atoms with Crippen LogP contribution >= 0.6 is 11.6 Å². The van der Waals surface area contributed by atoms with Crippen molar-refractivity contribution in [3.05, 3.63) is 99.3 Å². The number of anilines is 2. The average molecular weight is 599 g/mol. The smallest absolute Gasteiger partial charge is 0.323 e. The normalized spacial score (nSPS) is 15.0. The van der Waals surface area contributed by atoms with E-state index in [2.05, 4.69) is 16.0 Å². The Morgan fingerprint density at radius 3 is 2.17 bits per heavy atom. The highest BCUT2D eigenvalue weighted by Crippen LogP contribution is 2.25. The lowest BCUT2D eigenvalue weighted by Gasteiger charge is -2.30. The van der Waals surface area contributed by atoms with Gasteiger partial charge in [0.15, 0.2) is 6.17 Å². The predicted octanol–water partition coefficient (Wildman–Crippen LogP) is 4.43. The largest absolute Gasteiger partial charge is 0.481 e. The molecular formula is C27H24ClFN6O7. The predicted molar refractivity (Wildman–Crippen MR) is 149 cm³/mol. The number of carboxylic acid groups (broad SMARTS) is 1. The number of carbonyl (C=O) groups is 4. The Hall–Kier alpha value is -5.24. The Kier molecular flexibility index (Phi) is 9.17. The second-order valence-corrected chi connectivity index (χ2v) is 9.59. The average Bonchev–Trinajstić information content (AvgIpc) is 3.40. The molecule has 0 saturated carbocycles. The third kappa shape index (κ3) is 7.28. The highest BCUT2D eigenvalue weighted by molar-refractivity contribution is 6.30. The number of nitro groups is 1. The number of halogens is 2. The first kappa shape index (κ1) is 29.7. The lowest BCUT2D eigenvalue weighted by atomic mass is 10.0. The monoisotopic (exact) mass is 598 g/mol. The molecule has 4 N–H and O–H groups in total. The standard InChI is InChI=1S/C27H24ClFN6O7/c28-17-7-9-19(10-8-17)30-26(39)33-11-12-34(27(40)31-20-5-2-4-18(29)14-20)25(33)24(38)32-22(15-23(36)37)16-3-1-6-21(13-16)35(41)42/h1-10,13-14,22,25H,11-12,15H2,(H,30,39)(H,31,40)(H,32,38)(H,36,37). The minimum Gasteiger partial charge on any atom is -0.481 e. The van der Waals surface area contributed by atoms with Gasteiger partial charge in [0, 0.05) is 41.6 Å². The van der Waals surface area contributed by atoms with Crippen molar-refractivity contribution in [3.63, 3.8) is 0 Å². The molecule has 1 aliphatic rings. The number of nitro benzene ring substituents is 1. The van der Waals surface area contributed by atoms with Gasteiger partial charge in [-0.05, 0) is 48.0 Å². The molecule has 1 aliphatic heterocycles. The van der Waals surface area contributed by atoms with Gasteiger partial charge in [0.1, 0.15) is 5.82 Å². The number of carboxylic acids is 1. The van der Waals surface area contributed by atoms with Crippen LogP contribution in [0.25, 0.3) is 0 Å². The van der Waals surface area contributed by atoms with E-state index in [9.17, 15) is 38.8 Å². The summed E-state index contributed by atoms with van der Waals surface area (Å²) in [6.07, 6.45) is -2.22. The summed E-state index contributed by atoms with van der Waals surface area (Å²) >= 11 is 5.90. The molecule has 2 unspecified atom stereocenters. The van der Waals surface area contributed by atoms with E-state index in [4.69, 9.17) is 11.6 Å². The molecular weight excluding hydrogens is 575 g/mol. The van der Waals surface area contributed by atoms with Crippen LogP contribution in [0.3, 0.4) is 0 Å². The number of rotatable bonds is 8. The van der Waals surface area contributed by atoms with Crippen LogP contribution in [0.15, 0.2) is 72.8 Å². The summed E-state index contributed by atoms with van der Waals surface area (Å²) in [5, 5.41) is 28.8. The summed E-state index contributed by atoms with van der Waals surface area (Å²) in [6, 6.07) is 13.5. The summed E-state index contributed by atoms with van der Waals surface area (Å²) in [7, 11) is 0. The van der Waals surface area contributed by atoms with Gasteiger partial charge in [-0.2, -0.15) is 0 Å². The van der Waals surface area contributed by atoms with E-state index in [-0.39, 0.29) is 30.0 Å². The van der Waals surface area contributed by atoms with Crippen LogP contribution < -0.4 is 16.0 Å². The number of benzene rings is 3. The Labute approximate surface area is 243 Å². The van der Waals surface area contributed by atoms with E-state index in [0.29, 0.717) is 10.7 Å². The SMILES string of the molecule is O=C(O)CC(NC(=O)C1N(C(=O)Nc2ccc(Cl)cc2)CCN1C(=O)Nc1cccc(F)c1)c1cccc([N+](=O)[O-])c1. The molecule has 13 nitrogen and oxygen atoms in total. The number of nitrogens with one attached hydrogen (secondary N) is 3. The van der Waals surface area contributed by atoms with Crippen molar-refractivity contribution >= 4 is 52.6 Å². The van der Waals surface area contributed by atoms with Crippen molar-refractivity contribution in [3.8, 4) is 0 Å². The molecule has 0 spiro atoms. The molecule has 0 radical (unpaired) electrons. The minimum atomic E-state index is -1.57. The van der Waals surface area contributed by atoms with Gasteiger partial charge >= 0.3 is 18.0 Å². The lowest BCUT2D eigenvalue weighted by molar-refractivity contribution is -0.384. The molecule has 1 heterocycles. The van der Waals surface area contributed by atoms with Gasteiger partial charge in [-0.25, -0.2) is 14.0 Å². The third-order valence-corrected chi connectivity index (χ3v) is 6.53. The summed E-state index contributed by atoms with van der Waals surface area (Å²) < 4.78 is 13.7. The van der Waals surface area contributed by atoms with Gasteiger partial charge in [0.05, 0.1) is 17.4 Å². The highest BCUT2D eigenvalue weighted by Gasteiger charge is 2.43. The number of urea groups is 2. The maximum atomic E-state index is 13.7. The lowest BCUT2D eigenvalue weighted by Crippen LogP contribution is -2.56. The molecule has 1 fully saturated rings. The molecule has 1 saturated heterocycles. The number of aliphatic carboxylic acids is 1. The van der Waals surface area contributed by atoms with Crippen LogP contribution in [-0.4, -0.2) is 63.0 Å². The summed E-state index contributed by atoms with van der Waals surface area (Å²) in [4.78, 5) is 64.5. The van der Waals surface area contributed by atoms with Crippen LogP contribution in [0, 0.1) is 15.9 Å². The third-order valence-electron chi connectivity index (χ3n) is 6.28. The van der Waals surface area contributed by atoms with Crippen molar-refractivity contribution in [2.24, 2.45) is 0 Å². The van der Waals surface area contributed by atoms with Crippen LogP contribution in [0.1, 0.15) is 18.0 Å². The molecule has 5 amide bonds. The quantitative estimate of drug-likeness (QED) is 0.219. The molecule has 0 aliphatic carbocycles. The van der Waals surface area contributed by atoms with Crippen molar-refractivity contribution in [2.75, 3.05) is 23.7 Å². The zero-order valence-electron chi connectivity index (χ0n) is 21.7. The molecule has 2 atom stereocenters. The highest BCUT2D eigenvalue weighted by atomic mass is 35.5. The summed E-state index contributed by atoms with van der Waals surface area (Å²) in [5.74, 6) is -2.84. The number of amides is 5. The van der Waals surface area contributed by atoms with Gasteiger partial charge in [-0.15, -0.1) is 0 Å². The van der Waals surface area contributed by atoms with E-state index in [0.717, 1.165) is 21.9 Å². The summed E-state index contributed by atoms with van der Waals surface area (Å²) in [5.41, 5.74) is 0.263. The summed E-state index contributed by atoms with van der Waals surface area (Å²) in [6.45, 7) is -0.192. The minimum absolute atomic E-state index is 0.0888. The fourth-order valence-electron chi connectivity index (χ4n) is 4.35. The first-order chi connectivity index (χ1) is 20.0. The van der Waals surface area contributed by atoms with Crippen LogP contribution in [0.5, 0.6) is 0 Å². The number of hydrogen-bond acceptors (Lipinski definition) is 6. The Morgan fingerprint density at radius 2 is 1.57 bits per heavy atom. The van der Waals surface area contributed by atoms with E-state index in [1.165, 1.54) is 48.5 Å². The van der Waals surface area contributed by atoms with E-state index in [1.54, 1.807) is 12.1 Å². The first-order valence-electron chi connectivity index (χ1n) is 12.4. The number of nitrogens with zero attached hydrogens (tertiary/aromatic N) is 3. The molecule has 15 heteroatoms. The topological polar surface area (TPSA) is 174 Å². The first-order valence-corrected chi connectivity index (χ1v) is 12.8. The zero-order valence-corrected chi connectivity index (χ0v) is 22.5. The molecule has 3 aromatic rings. The Balaban J connectivity index is 1.63. The van der Waals surface area contributed by atoms with E-state index >= 15 is 0 Å². The van der Waals surface area contributed by atoms with Crippen molar-refractivity contribution in [1.29, 1.82) is 0 Å². The van der Waals surface area contributed by atoms with Gasteiger partial charge in [0.25, 0.3) is 11.6 Å². The van der Waals surface area contributed by atoms with Gasteiger partial charge < -0.3 is 21.1 Å². The number of hydrogen-bond donors (Lipinski definition) is 4. The van der Waals surface area contributed by atoms with Crippen molar-refractivity contribution < 1.29 is 33.6 Å². The second-order valence-electron chi connectivity index (χ2n) is 9.15. The van der Waals surface area contributed by atoms with Gasteiger partial charge in [-0.3, -0.25) is 29.5 Å². The molecule has 42 heavy (non-hydrogen) atoms. The second kappa shape index (κ2) is 13.0. The fraction of sp³-hybridized carbons (Fsp3) is 0.185. The maximum Gasteiger partial charge on any atom is 0.323 e. The van der Waals surface area contributed by atoms with E-state index < -0.39 is 53.3 Å². The number of non-ortho nitro benzene ring substituents is 1. The maximum absolute atomic E-state index is 13.7.